The van der Waals surface area contributed by atoms with Gasteiger partial charge in [0.2, 0.25) is 0 Å². The molecular weight excluding hydrogens is 264 g/mol. The van der Waals surface area contributed by atoms with Crippen LogP contribution in [0.3, 0.4) is 0 Å². The summed E-state index contributed by atoms with van der Waals surface area (Å²) in [6, 6.07) is 3.35. The van der Waals surface area contributed by atoms with Gasteiger partial charge in [-0.15, -0.1) is 0 Å². The molecule has 0 aliphatic carbocycles. The van der Waals surface area contributed by atoms with Crippen molar-refractivity contribution in [1.29, 1.82) is 0 Å². The van der Waals surface area contributed by atoms with Gasteiger partial charge in [0.15, 0.2) is 12.0 Å². The summed E-state index contributed by atoms with van der Waals surface area (Å²) in [5.74, 6) is -1.21. The predicted molar refractivity (Wildman–Crippen MR) is 55.2 cm³/mol. The Labute approximate surface area is 92.5 Å². The molecule has 2 rings (SSSR count). The van der Waals surface area contributed by atoms with E-state index in [-0.39, 0.29) is 11.3 Å². The van der Waals surface area contributed by atoms with Gasteiger partial charge in [0, 0.05) is 10.7 Å². The third-order valence-electron chi connectivity index (χ3n) is 1.96. The van der Waals surface area contributed by atoms with E-state index in [2.05, 4.69) is 21.0 Å². The Bertz CT molecular complexity index is 562. The molecule has 0 saturated carbocycles. The number of carbonyl (C=O) groups excluding carboxylic acids is 1. The van der Waals surface area contributed by atoms with E-state index in [9.17, 15) is 9.59 Å². The highest BCUT2D eigenvalue weighted by atomic mass is 79.9. The van der Waals surface area contributed by atoms with Crippen molar-refractivity contribution in [2.75, 3.05) is 0 Å². The molecular formula is C9H5BrN2O3. The number of pyridine rings is 1. The maximum absolute atomic E-state index is 10.8. The number of carboxylic acid groups (broad SMARTS) is 1. The first-order chi connectivity index (χ1) is 7.13. The van der Waals surface area contributed by atoms with Crippen molar-refractivity contribution in [3.63, 3.8) is 0 Å². The number of aromatic nitrogens is 2. The highest BCUT2D eigenvalue weighted by Crippen LogP contribution is 2.18. The quantitative estimate of drug-likeness (QED) is 0.840. The Morgan fingerprint density at radius 1 is 1.60 bits per heavy atom. The van der Waals surface area contributed by atoms with E-state index in [1.807, 2.05) is 0 Å². The molecule has 0 atom stereocenters. The molecule has 0 bridgehead atoms. The van der Waals surface area contributed by atoms with Gasteiger partial charge in [-0.3, -0.25) is 4.79 Å². The molecule has 0 spiro atoms. The fourth-order valence-corrected chi connectivity index (χ4v) is 1.65. The normalized spacial score (nSPS) is 10.5. The number of fused-ring (bicyclic) bond motifs is 1. The molecule has 1 N–H and O–H groups in total. The smallest absolute Gasteiger partial charge is 0.357 e. The standard InChI is InChI=1S/C9H5BrN2O3/c10-5-1-2-12-7(3-5)6(4-13)8(11-12)9(14)15/h1-4H,(H,14,15). The number of halogens is 1. The van der Waals surface area contributed by atoms with E-state index >= 15 is 0 Å². The minimum Gasteiger partial charge on any atom is -0.476 e. The average Bonchev–Trinajstić information content (AvgIpc) is 2.55. The van der Waals surface area contributed by atoms with Gasteiger partial charge in [-0.2, -0.15) is 5.10 Å². The van der Waals surface area contributed by atoms with Crippen molar-refractivity contribution in [2.45, 2.75) is 0 Å². The Morgan fingerprint density at radius 3 is 2.93 bits per heavy atom. The summed E-state index contributed by atoms with van der Waals surface area (Å²) in [6.07, 6.45) is 2.08. The van der Waals surface area contributed by atoms with Crippen LogP contribution in [-0.2, 0) is 0 Å². The molecule has 0 saturated heterocycles. The van der Waals surface area contributed by atoms with Gasteiger partial charge >= 0.3 is 5.97 Å². The van der Waals surface area contributed by atoms with Crippen LogP contribution in [0.25, 0.3) is 5.52 Å². The molecule has 0 amide bonds. The largest absolute Gasteiger partial charge is 0.476 e. The number of rotatable bonds is 2. The highest BCUT2D eigenvalue weighted by molar-refractivity contribution is 9.10. The van der Waals surface area contributed by atoms with Gasteiger partial charge in [0.05, 0.1) is 11.1 Å². The number of hydrogen-bond donors (Lipinski definition) is 1. The summed E-state index contributed by atoms with van der Waals surface area (Å²) in [6.45, 7) is 0. The molecule has 0 aromatic carbocycles. The van der Waals surface area contributed by atoms with Crippen LogP contribution in [0.1, 0.15) is 20.8 Å². The summed E-state index contributed by atoms with van der Waals surface area (Å²) >= 11 is 3.24. The second-order valence-corrected chi connectivity index (χ2v) is 3.78. The topological polar surface area (TPSA) is 71.7 Å². The lowest BCUT2D eigenvalue weighted by Gasteiger charge is -1.93. The van der Waals surface area contributed by atoms with Crippen LogP contribution < -0.4 is 0 Å². The van der Waals surface area contributed by atoms with Crippen LogP contribution in [0.15, 0.2) is 22.8 Å². The van der Waals surface area contributed by atoms with Crippen molar-refractivity contribution in [3.8, 4) is 0 Å². The zero-order chi connectivity index (χ0) is 11.0. The molecule has 0 fully saturated rings. The third kappa shape index (κ3) is 1.52. The lowest BCUT2D eigenvalue weighted by Crippen LogP contribution is -2.00. The van der Waals surface area contributed by atoms with Gasteiger partial charge in [-0.1, -0.05) is 15.9 Å². The average molecular weight is 269 g/mol. The number of nitrogens with zero attached hydrogens (tertiary/aromatic N) is 2. The lowest BCUT2D eigenvalue weighted by molar-refractivity contribution is 0.0687. The predicted octanol–water partition coefficient (Wildman–Crippen LogP) is 1.61. The molecule has 2 aromatic heterocycles. The number of hydrogen-bond acceptors (Lipinski definition) is 3. The molecule has 6 heteroatoms. The van der Waals surface area contributed by atoms with Crippen LogP contribution in [0.2, 0.25) is 0 Å². The first-order valence-electron chi connectivity index (χ1n) is 4.00. The van der Waals surface area contributed by atoms with E-state index in [0.717, 1.165) is 4.47 Å². The van der Waals surface area contributed by atoms with Gasteiger partial charge in [-0.05, 0) is 12.1 Å². The van der Waals surface area contributed by atoms with Gasteiger partial charge in [-0.25, -0.2) is 9.31 Å². The Balaban J connectivity index is 2.85. The Morgan fingerprint density at radius 2 is 2.33 bits per heavy atom. The van der Waals surface area contributed by atoms with E-state index in [1.54, 1.807) is 18.3 Å². The van der Waals surface area contributed by atoms with Crippen molar-refractivity contribution < 1.29 is 14.7 Å². The molecule has 0 unspecified atom stereocenters. The summed E-state index contributed by atoms with van der Waals surface area (Å²) in [7, 11) is 0. The number of carbonyl (C=O) groups is 2. The maximum atomic E-state index is 10.8. The van der Waals surface area contributed by atoms with E-state index in [4.69, 9.17) is 5.11 Å². The molecule has 0 aliphatic heterocycles. The minimum atomic E-state index is -1.21. The van der Waals surface area contributed by atoms with E-state index < -0.39 is 5.97 Å². The van der Waals surface area contributed by atoms with Crippen molar-refractivity contribution in [3.05, 3.63) is 34.1 Å². The second kappa shape index (κ2) is 3.47. The molecule has 76 valence electrons. The molecule has 15 heavy (non-hydrogen) atoms. The second-order valence-electron chi connectivity index (χ2n) is 2.86. The fraction of sp³-hybridized carbons (Fsp3) is 0. The van der Waals surface area contributed by atoms with Crippen molar-refractivity contribution in [1.82, 2.24) is 9.61 Å². The monoisotopic (exact) mass is 268 g/mol. The van der Waals surface area contributed by atoms with Gasteiger partial charge < -0.3 is 5.11 Å². The van der Waals surface area contributed by atoms with Crippen LogP contribution in [-0.4, -0.2) is 27.0 Å². The van der Waals surface area contributed by atoms with Crippen LogP contribution >= 0.6 is 15.9 Å². The van der Waals surface area contributed by atoms with Crippen molar-refractivity contribution in [2.24, 2.45) is 0 Å². The summed E-state index contributed by atoms with van der Waals surface area (Å²) < 4.78 is 2.12. The first-order valence-corrected chi connectivity index (χ1v) is 4.79. The zero-order valence-corrected chi connectivity index (χ0v) is 8.93. The SMILES string of the molecule is O=Cc1c(C(=O)O)nn2ccc(Br)cc12. The van der Waals surface area contributed by atoms with Crippen LogP contribution in [0.4, 0.5) is 0 Å². The molecule has 5 nitrogen and oxygen atoms in total. The summed E-state index contributed by atoms with van der Waals surface area (Å²) in [4.78, 5) is 21.6. The summed E-state index contributed by atoms with van der Waals surface area (Å²) in [5.41, 5.74) is 0.323. The Hall–Kier alpha value is -1.69. The molecule has 2 heterocycles. The lowest BCUT2D eigenvalue weighted by atomic mass is 10.2. The van der Waals surface area contributed by atoms with Crippen LogP contribution in [0, 0.1) is 0 Å². The van der Waals surface area contributed by atoms with Crippen molar-refractivity contribution >= 4 is 33.7 Å². The van der Waals surface area contributed by atoms with E-state index in [0.29, 0.717) is 11.8 Å². The number of aldehydes is 1. The fourth-order valence-electron chi connectivity index (χ4n) is 1.31. The number of carboxylic acids is 1. The first kappa shape index (κ1) is 9.85. The minimum absolute atomic E-state index is 0.0869. The van der Waals surface area contributed by atoms with Gasteiger partial charge in [0.25, 0.3) is 0 Å². The number of aromatic carboxylic acids is 1. The van der Waals surface area contributed by atoms with Gasteiger partial charge in [0.1, 0.15) is 0 Å². The zero-order valence-electron chi connectivity index (χ0n) is 7.35. The molecule has 0 radical (unpaired) electrons. The summed E-state index contributed by atoms with van der Waals surface area (Å²) in [5, 5.41) is 12.6. The third-order valence-corrected chi connectivity index (χ3v) is 2.45. The Kier molecular flexibility index (Phi) is 2.28. The highest BCUT2D eigenvalue weighted by Gasteiger charge is 2.17. The van der Waals surface area contributed by atoms with E-state index in [1.165, 1.54) is 4.52 Å². The van der Waals surface area contributed by atoms with Crippen LogP contribution in [0.5, 0.6) is 0 Å². The maximum Gasteiger partial charge on any atom is 0.357 e. The molecule has 0 aliphatic rings. The molecule has 2 aromatic rings.